The Kier molecular flexibility index (Phi) is 7.02. The van der Waals surface area contributed by atoms with Gasteiger partial charge in [0.25, 0.3) is 0 Å². The first-order valence-electron chi connectivity index (χ1n) is 8.79. The van der Waals surface area contributed by atoms with Crippen LogP contribution in [0.3, 0.4) is 0 Å². The van der Waals surface area contributed by atoms with Gasteiger partial charge in [-0.25, -0.2) is 0 Å². The van der Waals surface area contributed by atoms with Crippen LogP contribution in [-0.2, 0) is 27.2 Å². The van der Waals surface area contributed by atoms with Crippen molar-refractivity contribution in [2.75, 3.05) is 0 Å². The fourth-order valence-corrected chi connectivity index (χ4v) is 3.86. The largest absolute Gasteiger partial charge is 0.507 e. The van der Waals surface area contributed by atoms with Crippen LogP contribution in [0, 0.1) is 5.92 Å². The predicted molar refractivity (Wildman–Crippen MR) is 90.4 cm³/mol. The summed E-state index contributed by atoms with van der Waals surface area (Å²) >= 11 is 0. The van der Waals surface area contributed by atoms with E-state index in [1.165, 1.54) is 38.5 Å². The van der Waals surface area contributed by atoms with Crippen molar-refractivity contribution < 1.29 is 37.1 Å². The van der Waals surface area contributed by atoms with Crippen LogP contribution in [-0.4, -0.2) is 16.7 Å². The molecule has 24 heavy (non-hydrogen) atoms. The quantitative estimate of drug-likeness (QED) is 0.421. The van der Waals surface area contributed by atoms with Crippen molar-refractivity contribution in [3.63, 3.8) is 0 Å². The van der Waals surface area contributed by atoms with Gasteiger partial charge in [-0.1, -0.05) is 69.2 Å². The Morgan fingerprint density at radius 1 is 0.917 bits per heavy atom. The molecule has 1 saturated carbocycles. The maximum Gasteiger partial charge on any atom is 0.234 e. The smallest absolute Gasteiger partial charge is 0.234 e. The third-order valence-electron chi connectivity index (χ3n) is 5.21. The molecule has 3 nitrogen and oxygen atoms in total. The molecule has 0 amide bonds. The van der Waals surface area contributed by atoms with Gasteiger partial charge in [0.05, 0.1) is 0 Å². The Hall–Kier alpha value is -1.16. The van der Waals surface area contributed by atoms with Gasteiger partial charge in [-0.05, 0) is 18.8 Å². The maximum absolute atomic E-state index is 12.2. The number of hydrogen-bond donors (Lipinski definition) is 1. The van der Waals surface area contributed by atoms with Gasteiger partial charge in [0.1, 0.15) is 5.76 Å². The zero-order chi connectivity index (χ0) is 16.2. The van der Waals surface area contributed by atoms with E-state index in [9.17, 15) is 14.7 Å². The molecule has 0 spiro atoms. The molecule has 2 aliphatic rings. The average molecular weight is 420 g/mol. The van der Waals surface area contributed by atoms with Crippen LogP contribution in [0.4, 0.5) is 0 Å². The molecule has 1 aromatic carbocycles. The molecule has 1 aromatic rings. The number of aliphatic hydroxyl groups excluding tert-OH is 1. The minimum Gasteiger partial charge on any atom is -0.507 e. The number of Topliss-reactive ketones (excluding diaryl/α,β-unsaturated/α-hetero) is 2. The normalized spacial score (nSPS) is 18.3. The minimum atomic E-state index is -0.529. The fraction of sp³-hybridized carbons (Fsp3) is 0.500. The van der Waals surface area contributed by atoms with E-state index in [2.05, 4.69) is 0 Å². The monoisotopic (exact) mass is 419 g/mol. The van der Waals surface area contributed by atoms with Crippen LogP contribution in [0.2, 0.25) is 0 Å². The summed E-state index contributed by atoms with van der Waals surface area (Å²) in [5, 5.41) is 10.4. The molecule has 0 aliphatic heterocycles. The molecule has 4 heteroatoms. The van der Waals surface area contributed by atoms with E-state index >= 15 is 0 Å². The second-order valence-corrected chi connectivity index (χ2v) is 6.78. The molecular weight excluding hydrogens is 396 g/mol. The van der Waals surface area contributed by atoms with Crippen molar-refractivity contribution in [1.29, 1.82) is 0 Å². The van der Waals surface area contributed by atoms with E-state index in [1.807, 2.05) is 0 Å². The van der Waals surface area contributed by atoms with Gasteiger partial charge in [0.15, 0.2) is 0 Å². The summed E-state index contributed by atoms with van der Waals surface area (Å²) in [4.78, 5) is 24.4. The second kappa shape index (κ2) is 8.80. The Labute approximate surface area is 159 Å². The molecule has 3 rings (SSSR count). The van der Waals surface area contributed by atoms with Gasteiger partial charge in [0, 0.05) is 39.1 Å². The minimum absolute atomic E-state index is 0. The first-order valence-corrected chi connectivity index (χ1v) is 8.79. The zero-order valence-electron chi connectivity index (χ0n) is 13.8. The van der Waals surface area contributed by atoms with Crippen molar-refractivity contribution in [1.82, 2.24) is 0 Å². The predicted octanol–water partition coefficient (Wildman–Crippen LogP) is 4.86. The topological polar surface area (TPSA) is 54.4 Å². The van der Waals surface area contributed by atoms with Crippen molar-refractivity contribution in [2.45, 2.75) is 57.8 Å². The molecule has 1 fully saturated rings. The Bertz CT molecular complexity index is 642. The summed E-state index contributed by atoms with van der Waals surface area (Å²) in [6, 6.07) is 6.80. The number of unbranched alkanes of at least 4 members (excludes halogenated alkanes) is 1. The molecule has 0 bridgehead atoms. The van der Waals surface area contributed by atoms with Gasteiger partial charge in [-0.2, -0.15) is 0 Å². The number of hydrogen-bond acceptors (Lipinski definition) is 3. The molecule has 2 aliphatic carbocycles. The molecule has 0 unspecified atom stereocenters. The van der Waals surface area contributed by atoms with E-state index in [4.69, 9.17) is 0 Å². The van der Waals surface area contributed by atoms with Crippen molar-refractivity contribution in [3.8, 4) is 0 Å². The van der Waals surface area contributed by atoms with E-state index in [-0.39, 0.29) is 28.1 Å². The first kappa shape index (κ1) is 19.2. The molecule has 0 aromatic heterocycles. The molecule has 0 atom stereocenters. The summed E-state index contributed by atoms with van der Waals surface area (Å²) in [7, 11) is 0. The number of benzene rings is 1. The van der Waals surface area contributed by atoms with Gasteiger partial charge in [0.2, 0.25) is 11.6 Å². The van der Waals surface area contributed by atoms with Gasteiger partial charge >= 0.3 is 0 Å². The SMILES string of the molecule is O=C1C(=O)c2ccccc2C(O)=C1CCCCC1CCCCC1.[Ag]. The molecular formula is C20H24AgO3. The second-order valence-electron chi connectivity index (χ2n) is 6.78. The third-order valence-corrected chi connectivity index (χ3v) is 5.21. The summed E-state index contributed by atoms with van der Waals surface area (Å²) in [5.74, 6) is -0.182. The van der Waals surface area contributed by atoms with E-state index < -0.39 is 11.6 Å². The number of carbonyl (C=O) groups excluding carboxylic acids is 2. The van der Waals surface area contributed by atoms with E-state index in [0.29, 0.717) is 23.1 Å². The van der Waals surface area contributed by atoms with Crippen molar-refractivity contribution in [2.24, 2.45) is 5.92 Å². The van der Waals surface area contributed by atoms with Crippen molar-refractivity contribution in [3.05, 3.63) is 41.0 Å². The average Bonchev–Trinajstić information content (AvgIpc) is 2.60. The first-order chi connectivity index (χ1) is 11.2. The Morgan fingerprint density at radius 3 is 2.29 bits per heavy atom. The number of rotatable bonds is 5. The molecule has 0 saturated heterocycles. The van der Waals surface area contributed by atoms with Crippen molar-refractivity contribution >= 4 is 17.3 Å². The number of allylic oxidation sites excluding steroid dienone is 1. The summed E-state index contributed by atoms with van der Waals surface area (Å²) in [6.45, 7) is 0. The van der Waals surface area contributed by atoms with Crippen LogP contribution >= 0.6 is 0 Å². The fourth-order valence-electron chi connectivity index (χ4n) is 3.86. The standard InChI is InChI=1S/C20H24O3.Ag/c21-18-15-11-6-7-12-16(15)19(22)20(23)17(18)13-5-4-10-14-8-2-1-3-9-14;/h6-7,11-12,14,21H,1-5,8-10,13H2;. The summed E-state index contributed by atoms with van der Waals surface area (Å²) in [6.07, 6.45) is 10.3. The van der Waals surface area contributed by atoms with Gasteiger partial charge < -0.3 is 5.11 Å². The van der Waals surface area contributed by atoms with Crippen LogP contribution in [0.25, 0.3) is 5.76 Å². The molecule has 0 heterocycles. The molecule has 1 radical (unpaired) electrons. The number of carbonyl (C=O) groups is 2. The van der Waals surface area contributed by atoms with Crippen LogP contribution in [0.5, 0.6) is 0 Å². The molecule has 1 N–H and O–H groups in total. The molecule has 133 valence electrons. The van der Waals surface area contributed by atoms with Crippen LogP contribution < -0.4 is 0 Å². The number of fused-ring (bicyclic) bond motifs is 1. The van der Waals surface area contributed by atoms with Gasteiger partial charge in [-0.15, -0.1) is 0 Å². The Balaban J connectivity index is 0.00000208. The summed E-state index contributed by atoms with van der Waals surface area (Å²) < 4.78 is 0. The van der Waals surface area contributed by atoms with Gasteiger partial charge in [-0.3, -0.25) is 9.59 Å². The Morgan fingerprint density at radius 2 is 1.58 bits per heavy atom. The zero-order valence-corrected chi connectivity index (χ0v) is 15.3. The van der Waals surface area contributed by atoms with Crippen LogP contribution in [0.1, 0.15) is 73.7 Å². The van der Waals surface area contributed by atoms with E-state index in [0.717, 1.165) is 18.8 Å². The van der Waals surface area contributed by atoms with E-state index in [1.54, 1.807) is 24.3 Å². The van der Waals surface area contributed by atoms with Crippen LogP contribution in [0.15, 0.2) is 29.8 Å². The summed E-state index contributed by atoms with van der Waals surface area (Å²) in [5.41, 5.74) is 1.12. The number of aliphatic hydroxyl groups is 1. The third kappa shape index (κ3) is 4.08. The number of ketones is 2. The maximum atomic E-state index is 12.2.